The number of rotatable bonds is 33. The van der Waals surface area contributed by atoms with Crippen LogP contribution in [0.4, 0.5) is 0 Å². The first kappa shape index (κ1) is 71.2. The highest BCUT2D eigenvalue weighted by Gasteiger charge is 2.51. The summed E-state index contributed by atoms with van der Waals surface area (Å²) >= 11 is 0. The summed E-state index contributed by atoms with van der Waals surface area (Å²) in [7, 11) is 87.2. The molecule has 0 fully saturated rings. The molecule has 0 saturated heterocycles. The Balaban J connectivity index is 0.00000152. The highest BCUT2D eigenvalue weighted by Crippen LogP contribution is 2.17. The monoisotopic (exact) mass is 956 g/mol. The van der Waals surface area contributed by atoms with Crippen molar-refractivity contribution in [1.82, 2.24) is 19.8 Å². The number of carboxylic acids is 1. The van der Waals surface area contributed by atoms with Crippen molar-refractivity contribution in [2.24, 2.45) is 0 Å². The average Bonchev–Trinajstić information content (AvgIpc) is 3.27. The minimum Gasteiger partial charge on any atom is -0.480 e. The van der Waals surface area contributed by atoms with Gasteiger partial charge < -0.3 is 56.2 Å². The van der Waals surface area contributed by atoms with Gasteiger partial charge in [0.1, 0.15) is 30.5 Å². The van der Waals surface area contributed by atoms with Crippen LogP contribution in [0.5, 0.6) is 0 Å². The average molecular weight is 950 g/mol. The van der Waals surface area contributed by atoms with Crippen LogP contribution in [0.25, 0.3) is 0 Å². The van der Waals surface area contributed by atoms with E-state index < -0.39 is 180 Å². The smallest absolute Gasteiger partial charge is 0.480 e. The molecule has 5 atom stereocenters. The fourth-order valence-electron chi connectivity index (χ4n) is 8.21. The Morgan fingerprint density at radius 1 is 0.708 bits per heavy atom. The first-order valence-electron chi connectivity index (χ1n) is 22.6. The lowest BCUT2D eigenvalue weighted by Gasteiger charge is -2.49. The zero-order chi connectivity index (χ0) is 56.1. The summed E-state index contributed by atoms with van der Waals surface area (Å²) in [5, 5.41) is 81.5. The van der Waals surface area contributed by atoms with Crippen LogP contribution in [-0.2, 0) is 24.4 Å². The topological polar surface area (TPSA) is 278 Å². The van der Waals surface area contributed by atoms with Crippen molar-refractivity contribution in [2.45, 2.75) is 54.6 Å². The van der Waals surface area contributed by atoms with Crippen molar-refractivity contribution < 1.29 is 63.5 Å². The maximum absolute atomic E-state index is 13.5. The summed E-state index contributed by atoms with van der Waals surface area (Å²) in [4.78, 5) is 37.1. The van der Waals surface area contributed by atoms with Crippen LogP contribution in [0.1, 0.15) is 19.3 Å². The van der Waals surface area contributed by atoms with E-state index in [4.69, 9.17) is 126 Å². The second-order valence-corrected chi connectivity index (χ2v) is 19.5. The molecule has 1 rings (SSSR count). The molecule has 10 N–H and O–H groups in total. The van der Waals surface area contributed by atoms with Gasteiger partial charge in [0.15, 0.2) is 0 Å². The number of aliphatic hydroxyl groups excluding tert-OH is 5. The maximum Gasteiger partial charge on any atom is 0.488 e. The number of likely N-dealkylation sites (N-methyl/N-ethyl adjacent to an activating group) is 2. The number of nitrogens with one attached hydrogen (secondary N) is 2. The first-order chi connectivity index (χ1) is 33.3. The molecule has 0 spiro atoms. The van der Waals surface area contributed by atoms with E-state index in [0.717, 1.165) is 24.1 Å². The van der Waals surface area contributed by atoms with Crippen LogP contribution >= 0.6 is 0 Å². The van der Waals surface area contributed by atoms with Crippen molar-refractivity contribution in [1.29, 1.82) is 0 Å². The van der Waals surface area contributed by atoms with Crippen molar-refractivity contribution in [2.75, 3.05) is 46.9 Å². The second-order valence-electron chi connectivity index (χ2n) is 17.5. The molecule has 0 unspecified atom stereocenters. The van der Waals surface area contributed by atoms with Crippen LogP contribution in [0.2, 0.25) is 0 Å². The van der Waals surface area contributed by atoms with E-state index in [1.54, 1.807) is 0 Å². The van der Waals surface area contributed by atoms with E-state index in [9.17, 15) is 53.3 Å². The number of aliphatic hydroxyl groups is 5. The Morgan fingerprint density at radius 2 is 1.18 bits per heavy atom. The van der Waals surface area contributed by atoms with Gasteiger partial charge in [-0.1, -0.05) is 12.1 Å². The highest BCUT2D eigenvalue weighted by atomic mass is 32.2. The van der Waals surface area contributed by atoms with Crippen molar-refractivity contribution in [3.05, 3.63) is 24.3 Å². The van der Waals surface area contributed by atoms with Gasteiger partial charge >= 0.3 is 13.1 Å². The fraction of sp³-hybridized carbons (Fsp3) is 0.625. The van der Waals surface area contributed by atoms with Gasteiger partial charge in [-0.25, -0.2) is 8.42 Å². The van der Waals surface area contributed by atoms with Crippen LogP contribution in [-0.4, -0.2) is 367 Å². The third-order valence-corrected chi connectivity index (χ3v) is 13.9. The number of carbonyl (C=O) groups excluding carboxylic acids is 2. The van der Waals surface area contributed by atoms with Gasteiger partial charge in [-0.15, -0.1) is 0 Å². The zero-order valence-electron chi connectivity index (χ0n) is 40.6. The molecule has 0 aliphatic rings. The Morgan fingerprint density at radius 3 is 1.58 bits per heavy atom. The van der Waals surface area contributed by atoms with Crippen LogP contribution in [0.3, 0.4) is 0 Å². The van der Waals surface area contributed by atoms with Gasteiger partial charge in [-0.3, -0.25) is 14.4 Å². The molecular formula is C24H41B30N4O13S. The predicted octanol–water partition coefficient (Wildman–Crippen LogP) is -16.8. The quantitative estimate of drug-likeness (QED) is 0.0232. The lowest BCUT2D eigenvalue weighted by Crippen LogP contribution is -2.87. The molecule has 0 aromatic heterocycles. The van der Waals surface area contributed by atoms with Crippen molar-refractivity contribution in [3.8, 4) is 0 Å². The molecule has 0 aliphatic heterocycles. The molecule has 31 radical (unpaired) electrons. The molecular weight excluding hydrogens is 909 g/mol. The number of amides is 2. The molecule has 1 aromatic carbocycles. The lowest BCUT2D eigenvalue weighted by atomic mass is 8.32. The number of carbonyl (C=O) groups is 3. The van der Waals surface area contributed by atoms with Gasteiger partial charge in [0.25, 0.3) is 0 Å². The fourth-order valence-corrected chi connectivity index (χ4v) is 9.61. The predicted molar refractivity (Wildman–Crippen MR) is 318 cm³/mol. The summed E-state index contributed by atoms with van der Waals surface area (Å²) in [6.45, 7) is -3.23. The first-order valence-corrected chi connectivity index (χ1v) is 24.0. The minimum absolute atomic E-state index is 0.0783. The molecule has 1 aromatic rings. The van der Waals surface area contributed by atoms with Gasteiger partial charge in [0.05, 0.1) is 24.6 Å². The largest absolute Gasteiger partial charge is 0.488 e. The number of carboxylic acid groups (broad SMARTS) is 1. The second kappa shape index (κ2) is 34.8. The molecule has 0 aliphatic carbocycles. The number of nitrogens with zero attached hydrogens (tertiary/aromatic N) is 2. The summed E-state index contributed by atoms with van der Waals surface area (Å²) in [5.74, 6) is -2.76. The van der Waals surface area contributed by atoms with Crippen LogP contribution in [0, 0.1) is 0 Å². The van der Waals surface area contributed by atoms with Gasteiger partial charge in [0.2, 0.25) is 21.8 Å². The van der Waals surface area contributed by atoms with E-state index in [-0.39, 0.29) is 18.4 Å². The van der Waals surface area contributed by atoms with Crippen LogP contribution in [0.15, 0.2) is 29.2 Å². The molecule has 2 amide bonds. The Bertz CT molecular complexity index is 1820. The van der Waals surface area contributed by atoms with E-state index in [1.165, 1.54) is 26.2 Å². The van der Waals surface area contributed by atoms with E-state index in [1.807, 2.05) is 0 Å². The lowest BCUT2D eigenvalue weighted by molar-refractivity contribution is -0.140. The number of hydrogen-bond donors (Lipinski definition) is 10. The SMILES string of the molecule is CN[C@@H](CCCCNC(=O)CN(CC(=O)N(C)C[C@@H](O)[C@H](O)[C@@H](O)[C@@H](O)CO)S(=O)(=O)c1cccc(B(O)O)c1)C(=O)O.[B][B]B(B([B])[B])B(B(B([B])[B])B([B])[B])B(B(B([B])[B])B([B])[B])B(B([B])[B])B([B])[B]. The maximum atomic E-state index is 13.5. The molecule has 0 bridgehead atoms. The Hall–Kier alpha value is -0.832. The standard InChI is InChI=1S/C24H41BN4O13S.B29/c1-26-17(24(37)38)8-3-4-9-27-20(33)12-29(43(41,42)16-7-5-6-15(10-16)25(39)40)13-21(34)28(2)11-18(31)22(35)23(36)19(32)14-30;1-16-24(17(2)3)28(25(18(4)5)19(6)7)29(26(20(8)9)21(10)11)27(22(12)13)23(14)15/h5-7,10,17-19,22-23,26,30-32,35-36,39-40H,3-4,8-9,11-14H2,1-2H3,(H,27,33)(H,37,38);/t17-,18+,19-,22-,23-;/m0./s1. The number of unbranched alkanes of at least 4 members (excludes halogenated alkanes) is 1. The number of hydrogen-bond acceptors (Lipinski definition) is 13. The molecule has 17 nitrogen and oxygen atoms in total. The highest BCUT2D eigenvalue weighted by molar-refractivity contribution is 8.26. The molecule has 0 saturated carbocycles. The normalized spacial score (nSPS) is 12.9. The number of aliphatic carboxylic acids is 1. The van der Waals surface area contributed by atoms with E-state index in [2.05, 4.69) is 10.6 Å². The molecule has 331 valence electrons. The van der Waals surface area contributed by atoms with E-state index in [0.29, 0.717) is 17.1 Å². The van der Waals surface area contributed by atoms with Crippen LogP contribution < -0.4 is 16.1 Å². The summed E-state index contributed by atoms with van der Waals surface area (Å²) < 4.78 is 27.4. The van der Waals surface area contributed by atoms with Gasteiger partial charge in [-0.05, 0) is 43.9 Å². The minimum atomic E-state index is -4.60. The zero-order valence-corrected chi connectivity index (χ0v) is 41.4. The van der Waals surface area contributed by atoms with Crippen molar-refractivity contribution in [3.63, 3.8) is 0 Å². The summed E-state index contributed by atoms with van der Waals surface area (Å²) in [6, 6.07) is 3.78. The number of sulfonamides is 1. The van der Waals surface area contributed by atoms with Gasteiger partial charge in [0, 0.05) is 226 Å². The summed E-state index contributed by atoms with van der Waals surface area (Å²) in [5.41, 5.74) is -0.170. The third-order valence-electron chi connectivity index (χ3n) is 12.1. The number of benzene rings is 1. The van der Waals surface area contributed by atoms with Crippen molar-refractivity contribution >= 4 is 247 Å². The molecule has 72 heavy (non-hydrogen) atoms. The molecule has 48 heteroatoms. The van der Waals surface area contributed by atoms with E-state index >= 15 is 0 Å². The summed E-state index contributed by atoms with van der Waals surface area (Å²) in [6.07, 6.45) is -18.3. The molecule has 0 heterocycles. The third kappa shape index (κ3) is 22.6. The van der Waals surface area contributed by atoms with Gasteiger partial charge in [-0.2, -0.15) is 4.31 Å². The Kier molecular flexibility index (Phi) is 34.4. The Labute approximate surface area is 453 Å².